The number of nitrogens with zero attached hydrogens (tertiary/aromatic N) is 1. The second-order valence-corrected chi connectivity index (χ2v) is 8.05. The lowest BCUT2D eigenvalue weighted by Gasteiger charge is -2.23. The predicted molar refractivity (Wildman–Crippen MR) is 82.3 cm³/mol. The molecule has 2 rings (SSSR count). The SMILES string of the molecule is CC(C)CCN(C1CC1)S(=O)(=O)c1cc(CCl)ccc1F. The number of alkyl halides is 1. The number of sulfonamides is 1. The van der Waals surface area contributed by atoms with Gasteiger partial charge in [-0.05, 0) is 42.9 Å². The molecule has 0 heterocycles. The van der Waals surface area contributed by atoms with Crippen LogP contribution in [0.2, 0.25) is 0 Å². The van der Waals surface area contributed by atoms with Crippen LogP contribution in [0.15, 0.2) is 23.1 Å². The van der Waals surface area contributed by atoms with Gasteiger partial charge in [0.2, 0.25) is 10.0 Å². The third-order valence-corrected chi connectivity index (χ3v) is 5.89. The van der Waals surface area contributed by atoms with Crippen LogP contribution < -0.4 is 0 Å². The molecule has 0 radical (unpaired) electrons. The van der Waals surface area contributed by atoms with Crippen molar-refractivity contribution in [3.8, 4) is 0 Å². The first-order chi connectivity index (χ1) is 9.86. The Bertz CT molecular complexity index is 600. The zero-order valence-electron chi connectivity index (χ0n) is 12.4. The molecule has 1 saturated carbocycles. The molecule has 1 aromatic carbocycles. The normalized spacial score (nSPS) is 15.9. The van der Waals surface area contributed by atoms with E-state index in [4.69, 9.17) is 11.6 Å². The highest BCUT2D eigenvalue weighted by Gasteiger charge is 2.39. The van der Waals surface area contributed by atoms with Gasteiger partial charge in [-0.3, -0.25) is 0 Å². The summed E-state index contributed by atoms with van der Waals surface area (Å²) >= 11 is 5.73. The van der Waals surface area contributed by atoms with Crippen LogP contribution in [0, 0.1) is 11.7 Å². The maximum atomic E-state index is 14.0. The largest absolute Gasteiger partial charge is 0.246 e. The molecule has 3 nitrogen and oxygen atoms in total. The third-order valence-electron chi connectivity index (χ3n) is 3.62. The monoisotopic (exact) mass is 333 g/mol. The van der Waals surface area contributed by atoms with Gasteiger partial charge in [-0.15, -0.1) is 11.6 Å². The van der Waals surface area contributed by atoms with Gasteiger partial charge >= 0.3 is 0 Å². The average Bonchev–Trinajstić information content (AvgIpc) is 3.23. The first kappa shape index (κ1) is 16.7. The lowest BCUT2D eigenvalue weighted by molar-refractivity contribution is 0.371. The van der Waals surface area contributed by atoms with Crippen molar-refractivity contribution in [1.82, 2.24) is 4.31 Å². The summed E-state index contributed by atoms with van der Waals surface area (Å²) in [4.78, 5) is -0.253. The molecule has 0 spiro atoms. The minimum absolute atomic E-state index is 0.0211. The summed E-state index contributed by atoms with van der Waals surface area (Å²) < 4.78 is 41.0. The number of rotatable bonds is 7. The van der Waals surface area contributed by atoms with E-state index in [9.17, 15) is 12.8 Å². The summed E-state index contributed by atoms with van der Waals surface area (Å²) in [5.74, 6) is -0.141. The fourth-order valence-corrected chi connectivity index (χ4v) is 4.18. The van der Waals surface area contributed by atoms with E-state index in [0.717, 1.165) is 19.3 Å². The molecular weight excluding hydrogens is 313 g/mol. The smallest absolute Gasteiger partial charge is 0.207 e. The molecule has 1 aromatic rings. The first-order valence-corrected chi connectivity index (χ1v) is 9.20. The van der Waals surface area contributed by atoms with Crippen molar-refractivity contribution in [3.05, 3.63) is 29.6 Å². The Kier molecular flexibility index (Phi) is 5.28. The van der Waals surface area contributed by atoms with E-state index in [1.807, 2.05) is 13.8 Å². The molecular formula is C15H21ClFNO2S. The van der Waals surface area contributed by atoms with Gasteiger partial charge in [-0.2, -0.15) is 4.31 Å². The molecule has 0 N–H and O–H groups in total. The maximum Gasteiger partial charge on any atom is 0.246 e. The Labute approximate surface area is 131 Å². The van der Waals surface area contributed by atoms with Crippen LogP contribution in [0.4, 0.5) is 4.39 Å². The molecule has 0 aliphatic heterocycles. The molecule has 6 heteroatoms. The molecule has 0 bridgehead atoms. The zero-order valence-corrected chi connectivity index (χ0v) is 13.9. The van der Waals surface area contributed by atoms with E-state index in [1.54, 1.807) is 0 Å². The van der Waals surface area contributed by atoms with Gasteiger partial charge in [0.05, 0.1) is 0 Å². The van der Waals surface area contributed by atoms with Crippen molar-refractivity contribution >= 4 is 21.6 Å². The highest BCUT2D eigenvalue weighted by atomic mass is 35.5. The minimum atomic E-state index is -3.80. The van der Waals surface area contributed by atoms with Crippen LogP contribution in [0.25, 0.3) is 0 Å². The minimum Gasteiger partial charge on any atom is -0.207 e. The Balaban J connectivity index is 2.34. The van der Waals surface area contributed by atoms with Gasteiger partial charge in [-0.1, -0.05) is 19.9 Å². The number of hydrogen-bond donors (Lipinski definition) is 0. The summed E-state index contributed by atoms with van der Waals surface area (Å²) in [6, 6.07) is 4.06. The standard InChI is InChI=1S/C15H21ClFNO2S/c1-11(2)7-8-18(13-4-5-13)21(19,20)15-9-12(10-16)3-6-14(15)17/h3,6,9,11,13H,4-5,7-8,10H2,1-2H3. The van der Waals surface area contributed by atoms with Crippen molar-refractivity contribution in [2.45, 2.75) is 49.9 Å². The van der Waals surface area contributed by atoms with E-state index in [2.05, 4.69) is 0 Å². The van der Waals surface area contributed by atoms with Crippen molar-refractivity contribution in [2.24, 2.45) is 5.92 Å². The van der Waals surface area contributed by atoms with Gasteiger partial charge in [-0.25, -0.2) is 12.8 Å². The van der Waals surface area contributed by atoms with Crippen molar-refractivity contribution in [1.29, 1.82) is 0 Å². The van der Waals surface area contributed by atoms with Gasteiger partial charge in [0, 0.05) is 18.5 Å². The number of benzene rings is 1. The Morgan fingerprint density at radius 3 is 2.57 bits per heavy atom. The predicted octanol–water partition coefficient (Wildman–Crippen LogP) is 3.76. The summed E-state index contributed by atoms with van der Waals surface area (Å²) in [6.07, 6.45) is 2.48. The van der Waals surface area contributed by atoms with Gasteiger partial charge < -0.3 is 0 Å². The second-order valence-electron chi connectivity index (χ2n) is 5.93. The Morgan fingerprint density at radius 2 is 2.05 bits per heavy atom. The molecule has 1 aliphatic carbocycles. The van der Waals surface area contributed by atoms with E-state index in [1.165, 1.54) is 22.5 Å². The van der Waals surface area contributed by atoms with Gasteiger partial charge in [0.25, 0.3) is 0 Å². The third kappa shape index (κ3) is 3.96. The highest BCUT2D eigenvalue weighted by Crippen LogP contribution is 2.33. The number of hydrogen-bond acceptors (Lipinski definition) is 2. The molecule has 0 unspecified atom stereocenters. The summed E-state index contributed by atoms with van der Waals surface area (Å²) in [7, 11) is -3.80. The van der Waals surface area contributed by atoms with Crippen LogP contribution in [-0.2, 0) is 15.9 Å². The highest BCUT2D eigenvalue weighted by molar-refractivity contribution is 7.89. The van der Waals surface area contributed by atoms with E-state index >= 15 is 0 Å². The maximum absolute atomic E-state index is 14.0. The van der Waals surface area contributed by atoms with Crippen molar-refractivity contribution in [3.63, 3.8) is 0 Å². The van der Waals surface area contributed by atoms with E-state index < -0.39 is 15.8 Å². The summed E-state index contributed by atoms with van der Waals surface area (Å²) in [5, 5.41) is 0. The van der Waals surface area contributed by atoms with Crippen LogP contribution >= 0.6 is 11.6 Å². The molecule has 0 atom stereocenters. The quantitative estimate of drug-likeness (QED) is 0.712. The molecule has 1 fully saturated rings. The molecule has 0 saturated heterocycles. The van der Waals surface area contributed by atoms with Gasteiger partial charge in [0.1, 0.15) is 10.7 Å². The van der Waals surface area contributed by atoms with Crippen molar-refractivity contribution in [2.75, 3.05) is 6.54 Å². The lowest BCUT2D eigenvalue weighted by atomic mass is 10.1. The fourth-order valence-electron chi connectivity index (χ4n) is 2.20. The van der Waals surface area contributed by atoms with E-state index in [-0.39, 0.29) is 16.8 Å². The average molecular weight is 334 g/mol. The topological polar surface area (TPSA) is 37.4 Å². The second kappa shape index (κ2) is 6.63. The Morgan fingerprint density at radius 1 is 1.38 bits per heavy atom. The van der Waals surface area contributed by atoms with Crippen LogP contribution in [0.3, 0.4) is 0 Å². The zero-order chi connectivity index (χ0) is 15.6. The summed E-state index contributed by atoms with van der Waals surface area (Å²) in [6.45, 7) is 4.54. The van der Waals surface area contributed by atoms with Crippen LogP contribution in [0.5, 0.6) is 0 Å². The molecule has 0 amide bonds. The molecule has 0 aromatic heterocycles. The van der Waals surface area contributed by atoms with E-state index in [0.29, 0.717) is 18.0 Å². The molecule has 1 aliphatic rings. The number of halogens is 2. The van der Waals surface area contributed by atoms with Crippen LogP contribution in [0.1, 0.15) is 38.7 Å². The first-order valence-electron chi connectivity index (χ1n) is 7.22. The van der Waals surface area contributed by atoms with Crippen LogP contribution in [-0.4, -0.2) is 25.3 Å². The summed E-state index contributed by atoms with van der Waals surface area (Å²) in [5.41, 5.74) is 0.608. The fraction of sp³-hybridized carbons (Fsp3) is 0.600. The molecule has 118 valence electrons. The lowest BCUT2D eigenvalue weighted by Crippen LogP contribution is -2.35. The van der Waals surface area contributed by atoms with Crippen molar-refractivity contribution < 1.29 is 12.8 Å². The Hall–Kier alpha value is -0.650. The van der Waals surface area contributed by atoms with Gasteiger partial charge in [0.15, 0.2) is 0 Å². The molecule has 21 heavy (non-hydrogen) atoms.